The number of nitrogens with zero attached hydrogens (tertiary/aromatic N) is 3. The van der Waals surface area contributed by atoms with Crippen LogP contribution in [-0.2, 0) is 6.42 Å². The zero-order chi connectivity index (χ0) is 20.1. The van der Waals surface area contributed by atoms with Gasteiger partial charge in [0.2, 0.25) is 0 Å². The monoisotopic (exact) mass is 390 g/mol. The molecule has 0 bridgehead atoms. The molecule has 1 aromatic carbocycles. The molecule has 0 saturated carbocycles. The molecule has 0 atom stereocenters. The van der Waals surface area contributed by atoms with Crippen molar-refractivity contribution < 1.29 is 14.3 Å². The molecule has 7 heteroatoms. The maximum Gasteiger partial charge on any atom is 0.255 e. The van der Waals surface area contributed by atoms with Crippen molar-refractivity contribution in [3.05, 3.63) is 72.2 Å². The van der Waals surface area contributed by atoms with Gasteiger partial charge in [0, 0.05) is 43.9 Å². The van der Waals surface area contributed by atoms with Crippen molar-refractivity contribution in [2.75, 3.05) is 32.1 Å². The highest BCUT2D eigenvalue weighted by Gasteiger charge is 2.14. The number of pyridine rings is 2. The first-order valence-corrected chi connectivity index (χ1v) is 9.46. The molecule has 3 aromatic rings. The van der Waals surface area contributed by atoms with Crippen LogP contribution in [0.4, 0.5) is 11.5 Å². The maximum absolute atomic E-state index is 12.6. The van der Waals surface area contributed by atoms with E-state index in [1.165, 1.54) is 0 Å². The summed E-state index contributed by atoms with van der Waals surface area (Å²) in [7, 11) is 1.80. The van der Waals surface area contributed by atoms with Crippen LogP contribution in [0, 0.1) is 0 Å². The molecular weight excluding hydrogens is 368 g/mol. The van der Waals surface area contributed by atoms with Crippen molar-refractivity contribution in [1.82, 2.24) is 14.9 Å². The molecule has 0 radical (unpaired) electrons. The van der Waals surface area contributed by atoms with Crippen LogP contribution < -0.4 is 14.8 Å². The molecule has 4 rings (SSSR count). The van der Waals surface area contributed by atoms with Gasteiger partial charge in [0.05, 0.1) is 5.56 Å². The van der Waals surface area contributed by atoms with Crippen LogP contribution in [0.1, 0.15) is 15.9 Å². The lowest BCUT2D eigenvalue weighted by molar-refractivity contribution is 0.0796. The molecule has 3 heterocycles. The zero-order valence-electron chi connectivity index (χ0n) is 16.2. The molecule has 0 spiro atoms. The number of carbonyl (C=O) groups excluding carboxylic acids is 1. The molecule has 1 aliphatic heterocycles. The van der Waals surface area contributed by atoms with Gasteiger partial charge in [-0.2, -0.15) is 0 Å². The summed E-state index contributed by atoms with van der Waals surface area (Å²) in [4.78, 5) is 22.7. The van der Waals surface area contributed by atoms with Gasteiger partial charge in [0.15, 0.2) is 11.5 Å². The average molecular weight is 390 g/mol. The van der Waals surface area contributed by atoms with Crippen molar-refractivity contribution in [3.63, 3.8) is 0 Å². The lowest BCUT2D eigenvalue weighted by atomic mass is 10.2. The van der Waals surface area contributed by atoms with E-state index in [4.69, 9.17) is 9.47 Å². The highest BCUT2D eigenvalue weighted by Crippen LogP contribution is 2.33. The lowest BCUT2D eigenvalue weighted by Crippen LogP contribution is -2.28. The van der Waals surface area contributed by atoms with Crippen LogP contribution >= 0.6 is 0 Å². The van der Waals surface area contributed by atoms with E-state index in [1.54, 1.807) is 42.7 Å². The SMILES string of the molecule is CN(CCc1ccncc1)C(=O)c1ccc(Nc2ccc3c(c2)OCCO3)nc1. The first kappa shape index (κ1) is 18.7. The molecule has 0 fully saturated rings. The van der Waals surface area contributed by atoms with E-state index in [0.29, 0.717) is 36.9 Å². The number of amides is 1. The summed E-state index contributed by atoms with van der Waals surface area (Å²) in [6.45, 7) is 1.73. The summed E-state index contributed by atoms with van der Waals surface area (Å²) < 4.78 is 11.1. The second kappa shape index (κ2) is 8.60. The van der Waals surface area contributed by atoms with Crippen molar-refractivity contribution in [3.8, 4) is 11.5 Å². The van der Waals surface area contributed by atoms with E-state index in [2.05, 4.69) is 15.3 Å². The molecule has 7 nitrogen and oxygen atoms in total. The lowest BCUT2D eigenvalue weighted by Gasteiger charge is -2.19. The fourth-order valence-corrected chi connectivity index (χ4v) is 3.03. The summed E-state index contributed by atoms with van der Waals surface area (Å²) in [6.07, 6.45) is 5.89. The Bertz CT molecular complexity index is 977. The number of ether oxygens (including phenoxy) is 2. The van der Waals surface area contributed by atoms with Crippen LogP contribution in [0.3, 0.4) is 0 Å². The Balaban J connectivity index is 1.36. The number of likely N-dealkylation sites (N-methyl/N-ethyl adjacent to an activating group) is 1. The predicted octanol–water partition coefficient (Wildman–Crippen LogP) is 3.31. The Labute approximate surface area is 169 Å². The summed E-state index contributed by atoms with van der Waals surface area (Å²) >= 11 is 0. The van der Waals surface area contributed by atoms with Gasteiger partial charge in [-0.15, -0.1) is 0 Å². The Morgan fingerprint density at radius 3 is 2.62 bits per heavy atom. The van der Waals surface area contributed by atoms with Gasteiger partial charge >= 0.3 is 0 Å². The third-order valence-electron chi connectivity index (χ3n) is 4.66. The number of rotatable bonds is 6. The van der Waals surface area contributed by atoms with Crippen LogP contribution in [-0.4, -0.2) is 47.6 Å². The topological polar surface area (TPSA) is 76.6 Å². The quantitative estimate of drug-likeness (QED) is 0.696. The summed E-state index contributed by atoms with van der Waals surface area (Å²) in [5.74, 6) is 2.05. The standard InChI is InChI=1S/C22H22N4O3/c1-26(11-8-16-6-9-23-10-7-16)22(27)17-2-5-21(24-15-17)25-18-3-4-19-20(14-18)29-13-12-28-19/h2-7,9-10,14-15H,8,11-13H2,1H3,(H,24,25). The molecular formula is C22H22N4O3. The number of fused-ring (bicyclic) bond motifs is 1. The Morgan fingerprint density at radius 1 is 1.07 bits per heavy atom. The molecule has 2 aromatic heterocycles. The molecule has 1 N–H and O–H groups in total. The third-order valence-corrected chi connectivity index (χ3v) is 4.66. The Kier molecular flexibility index (Phi) is 5.56. The largest absolute Gasteiger partial charge is 0.486 e. The number of aromatic nitrogens is 2. The van der Waals surface area contributed by atoms with Crippen molar-refractivity contribution in [2.24, 2.45) is 0 Å². The van der Waals surface area contributed by atoms with E-state index >= 15 is 0 Å². The van der Waals surface area contributed by atoms with Gasteiger partial charge in [0.25, 0.3) is 5.91 Å². The molecule has 0 saturated heterocycles. The first-order chi connectivity index (χ1) is 14.2. The molecule has 1 aliphatic rings. The van der Waals surface area contributed by atoms with Gasteiger partial charge in [-0.05, 0) is 48.4 Å². The molecule has 0 aliphatic carbocycles. The number of carbonyl (C=O) groups is 1. The second-order valence-electron chi connectivity index (χ2n) is 6.75. The summed E-state index contributed by atoms with van der Waals surface area (Å²) in [6, 6.07) is 13.1. The smallest absolute Gasteiger partial charge is 0.255 e. The Hall–Kier alpha value is -3.61. The van der Waals surface area contributed by atoms with Gasteiger partial charge < -0.3 is 19.7 Å². The predicted molar refractivity (Wildman–Crippen MR) is 110 cm³/mol. The van der Waals surface area contributed by atoms with E-state index in [0.717, 1.165) is 23.4 Å². The number of hydrogen-bond donors (Lipinski definition) is 1. The summed E-state index contributed by atoms with van der Waals surface area (Å²) in [5.41, 5.74) is 2.54. The number of benzene rings is 1. The van der Waals surface area contributed by atoms with Crippen LogP contribution in [0.5, 0.6) is 11.5 Å². The molecule has 148 valence electrons. The van der Waals surface area contributed by atoms with E-state index in [1.807, 2.05) is 30.3 Å². The molecule has 0 unspecified atom stereocenters. The Morgan fingerprint density at radius 2 is 1.86 bits per heavy atom. The fourth-order valence-electron chi connectivity index (χ4n) is 3.03. The van der Waals surface area contributed by atoms with Crippen molar-refractivity contribution in [1.29, 1.82) is 0 Å². The number of nitrogens with one attached hydrogen (secondary N) is 1. The van der Waals surface area contributed by atoms with Gasteiger partial charge in [-0.3, -0.25) is 9.78 Å². The third kappa shape index (κ3) is 4.63. The normalized spacial score (nSPS) is 12.3. The minimum absolute atomic E-state index is 0.0579. The second-order valence-corrected chi connectivity index (χ2v) is 6.75. The van der Waals surface area contributed by atoms with Crippen molar-refractivity contribution >= 4 is 17.4 Å². The van der Waals surface area contributed by atoms with Gasteiger partial charge in [-0.1, -0.05) is 0 Å². The van der Waals surface area contributed by atoms with E-state index in [-0.39, 0.29) is 5.91 Å². The summed E-state index contributed by atoms with van der Waals surface area (Å²) in [5, 5.41) is 3.22. The van der Waals surface area contributed by atoms with Crippen molar-refractivity contribution in [2.45, 2.75) is 6.42 Å². The maximum atomic E-state index is 12.6. The fraction of sp³-hybridized carbons (Fsp3) is 0.227. The van der Waals surface area contributed by atoms with Gasteiger partial charge in [0.1, 0.15) is 19.0 Å². The number of hydrogen-bond acceptors (Lipinski definition) is 6. The zero-order valence-corrected chi connectivity index (χ0v) is 16.2. The highest BCUT2D eigenvalue weighted by molar-refractivity contribution is 5.94. The van der Waals surface area contributed by atoms with Crippen LogP contribution in [0.15, 0.2) is 61.1 Å². The first-order valence-electron chi connectivity index (χ1n) is 9.46. The highest BCUT2D eigenvalue weighted by atomic mass is 16.6. The van der Waals surface area contributed by atoms with E-state index in [9.17, 15) is 4.79 Å². The molecule has 29 heavy (non-hydrogen) atoms. The van der Waals surface area contributed by atoms with Crippen LogP contribution in [0.2, 0.25) is 0 Å². The molecule has 1 amide bonds. The minimum Gasteiger partial charge on any atom is -0.486 e. The van der Waals surface area contributed by atoms with E-state index < -0.39 is 0 Å². The van der Waals surface area contributed by atoms with Gasteiger partial charge in [-0.25, -0.2) is 4.98 Å². The number of anilines is 2. The average Bonchev–Trinajstić information content (AvgIpc) is 2.78. The minimum atomic E-state index is -0.0579. The van der Waals surface area contributed by atoms with Crippen LogP contribution in [0.25, 0.3) is 0 Å².